The molecule has 2 nitrogen and oxygen atoms in total. The second kappa shape index (κ2) is 10.5. The van der Waals surface area contributed by atoms with E-state index in [2.05, 4.69) is 138 Å². The molecule has 0 atom stereocenters. The molecule has 1 aliphatic rings. The molecule has 5 aromatic carbocycles. The zero-order chi connectivity index (χ0) is 28.8. The average molecular weight is 551 g/mol. The number of rotatable bonds is 4. The van der Waals surface area contributed by atoms with Crippen LogP contribution in [0.15, 0.2) is 134 Å². The molecule has 0 unspecified atom stereocenters. The van der Waals surface area contributed by atoms with Crippen molar-refractivity contribution in [2.24, 2.45) is 0 Å². The quantitative estimate of drug-likeness (QED) is 0.204. The summed E-state index contributed by atoms with van der Waals surface area (Å²) in [6.45, 7) is 2.05. The van der Waals surface area contributed by atoms with Gasteiger partial charge < -0.3 is 0 Å². The summed E-state index contributed by atoms with van der Waals surface area (Å²) in [7, 11) is 0. The van der Waals surface area contributed by atoms with Crippen LogP contribution in [0.5, 0.6) is 0 Å². The van der Waals surface area contributed by atoms with E-state index in [-0.39, 0.29) is 0 Å². The van der Waals surface area contributed by atoms with Crippen molar-refractivity contribution in [3.63, 3.8) is 0 Å². The first kappa shape index (κ1) is 25.4. The van der Waals surface area contributed by atoms with Crippen LogP contribution in [-0.2, 0) is 6.42 Å². The summed E-state index contributed by atoms with van der Waals surface area (Å²) in [6.07, 6.45) is 12.5. The second-order valence-electron chi connectivity index (χ2n) is 11.5. The van der Waals surface area contributed by atoms with E-state index in [1.807, 2.05) is 18.6 Å². The Morgan fingerprint density at radius 3 is 1.84 bits per heavy atom. The predicted molar refractivity (Wildman–Crippen MR) is 181 cm³/mol. The molecule has 7 aromatic rings. The van der Waals surface area contributed by atoms with Crippen LogP contribution in [-0.4, -0.2) is 9.97 Å². The third kappa shape index (κ3) is 4.52. The van der Waals surface area contributed by atoms with Crippen molar-refractivity contribution in [1.82, 2.24) is 9.97 Å². The van der Waals surface area contributed by atoms with Gasteiger partial charge in [0, 0.05) is 29.7 Å². The number of allylic oxidation sites excluding steroid dienone is 1. The maximum Gasteiger partial charge on any atom is 0.0717 e. The van der Waals surface area contributed by atoms with Crippen molar-refractivity contribution < 1.29 is 0 Å². The molecule has 8 rings (SSSR count). The molecular formula is C41H30N2. The lowest BCUT2D eigenvalue weighted by Gasteiger charge is -2.19. The lowest BCUT2D eigenvalue weighted by molar-refractivity contribution is 0.986. The fourth-order valence-electron chi connectivity index (χ4n) is 6.55. The molecule has 0 saturated heterocycles. The van der Waals surface area contributed by atoms with E-state index in [0.717, 1.165) is 40.8 Å². The van der Waals surface area contributed by atoms with Gasteiger partial charge in [-0.2, -0.15) is 0 Å². The Bertz CT molecular complexity index is 2110. The highest BCUT2D eigenvalue weighted by atomic mass is 14.7. The first-order valence-corrected chi connectivity index (χ1v) is 15.0. The fraction of sp³-hybridized carbons (Fsp3) is 0.0732. The lowest BCUT2D eigenvalue weighted by Crippen LogP contribution is -1.96. The van der Waals surface area contributed by atoms with E-state index in [1.165, 1.54) is 54.9 Å². The Morgan fingerprint density at radius 1 is 0.535 bits per heavy atom. The first-order valence-electron chi connectivity index (χ1n) is 15.0. The van der Waals surface area contributed by atoms with Crippen molar-refractivity contribution in [3.8, 4) is 44.6 Å². The summed E-state index contributed by atoms with van der Waals surface area (Å²) in [5.74, 6) is 0. The monoisotopic (exact) mass is 550 g/mol. The average Bonchev–Trinajstić information content (AvgIpc) is 3.07. The zero-order valence-electron chi connectivity index (χ0n) is 24.1. The maximum atomic E-state index is 4.60. The number of fused-ring (bicyclic) bond motifs is 3. The second-order valence-corrected chi connectivity index (χ2v) is 11.5. The molecule has 0 aliphatic heterocycles. The molecule has 0 bridgehead atoms. The minimum atomic E-state index is 0.935. The van der Waals surface area contributed by atoms with E-state index in [9.17, 15) is 0 Å². The number of hydrogen-bond donors (Lipinski definition) is 0. The highest BCUT2D eigenvalue weighted by Gasteiger charge is 2.17. The van der Waals surface area contributed by atoms with Gasteiger partial charge in [-0.1, -0.05) is 109 Å². The summed E-state index contributed by atoms with van der Waals surface area (Å²) in [4.78, 5) is 9.15. The Labute approximate surface area is 252 Å². The third-order valence-electron chi connectivity index (χ3n) is 8.69. The van der Waals surface area contributed by atoms with Crippen LogP contribution >= 0.6 is 0 Å². The third-order valence-corrected chi connectivity index (χ3v) is 8.69. The summed E-state index contributed by atoms with van der Waals surface area (Å²) >= 11 is 0. The number of aryl methyl sites for hydroxylation is 2. The van der Waals surface area contributed by atoms with Crippen molar-refractivity contribution in [2.45, 2.75) is 19.8 Å². The molecule has 0 radical (unpaired) electrons. The SMILES string of the molecule is Cc1ccc(-c2cncc(-c3ccc(-c4c5ccccc5c(-c5ccc6c(c5)CCC=C6)c5ccccc45)cc3)c2)nc1. The van der Waals surface area contributed by atoms with Gasteiger partial charge in [0.25, 0.3) is 0 Å². The summed E-state index contributed by atoms with van der Waals surface area (Å²) in [5, 5.41) is 5.12. The summed E-state index contributed by atoms with van der Waals surface area (Å²) in [5.41, 5.74) is 13.2. The molecule has 2 aromatic heterocycles. The van der Waals surface area contributed by atoms with Crippen LogP contribution in [0.1, 0.15) is 23.1 Å². The van der Waals surface area contributed by atoms with Crippen LogP contribution < -0.4 is 0 Å². The standard InChI is InChI=1S/C41H30N2/c1-27-14-21-39(43-24-27)34-23-33(25-42-26-34)29-15-18-30(19-16-29)40-35-10-4-6-12-37(35)41(38-13-7-5-11-36(38)40)32-20-17-28-8-2-3-9-31(28)22-32/h2,4-8,10-26H,3,9H2,1H3. The lowest BCUT2D eigenvalue weighted by atomic mass is 9.84. The molecule has 0 saturated carbocycles. The van der Waals surface area contributed by atoms with Crippen LogP contribution in [0, 0.1) is 6.92 Å². The molecule has 0 N–H and O–H groups in total. The maximum absolute atomic E-state index is 4.60. The van der Waals surface area contributed by atoms with Crippen LogP contribution in [0.4, 0.5) is 0 Å². The molecule has 43 heavy (non-hydrogen) atoms. The van der Waals surface area contributed by atoms with E-state index < -0.39 is 0 Å². The van der Waals surface area contributed by atoms with E-state index in [1.54, 1.807) is 0 Å². The smallest absolute Gasteiger partial charge is 0.0717 e. The Hall–Kier alpha value is -5.34. The van der Waals surface area contributed by atoms with Gasteiger partial charge in [-0.05, 0) is 98.0 Å². The fourth-order valence-corrected chi connectivity index (χ4v) is 6.55. The molecule has 0 spiro atoms. The van der Waals surface area contributed by atoms with Gasteiger partial charge in [0.15, 0.2) is 0 Å². The summed E-state index contributed by atoms with van der Waals surface area (Å²) < 4.78 is 0. The molecule has 0 fully saturated rings. The summed E-state index contributed by atoms with van der Waals surface area (Å²) in [6, 6.07) is 40.0. The van der Waals surface area contributed by atoms with Crippen molar-refractivity contribution in [3.05, 3.63) is 151 Å². The van der Waals surface area contributed by atoms with Gasteiger partial charge in [0.1, 0.15) is 0 Å². The van der Waals surface area contributed by atoms with Gasteiger partial charge in [0.05, 0.1) is 5.69 Å². The number of pyridine rings is 2. The van der Waals surface area contributed by atoms with Gasteiger partial charge >= 0.3 is 0 Å². The molecule has 1 aliphatic carbocycles. The van der Waals surface area contributed by atoms with Gasteiger partial charge in [0.2, 0.25) is 0 Å². The topological polar surface area (TPSA) is 25.8 Å². The number of aromatic nitrogens is 2. The number of benzene rings is 5. The first-order chi connectivity index (χ1) is 21.2. The van der Waals surface area contributed by atoms with E-state index >= 15 is 0 Å². The van der Waals surface area contributed by atoms with E-state index in [4.69, 9.17) is 0 Å². The Kier molecular flexibility index (Phi) is 6.19. The van der Waals surface area contributed by atoms with Crippen molar-refractivity contribution in [2.75, 3.05) is 0 Å². The highest BCUT2D eigenvalue weighted by Crippen LogP contribution is 2.44. The highest BCUT2D eigenvalue weighted by molar-refractivity contribution is 6.21. The van der Waals surface area contributed by atoms with E-state index in [0.29, 0.717) is 0 Å². The van der Waals surface area contributed by atoms with Crippen LogP contribution in [0.25, 0.3) is 72.3 Å². The molecule has 204 valence electrons. The molecule has 2 heteroatoms. The van der Waals surface area contributed by atoms with Crippen LogP contribution in [0.3, 0.4) is 0 Å². The molecule has 2 heterocycles. The molecule has 0 amide bonds. The minimum absolute atomic E-state index is 0.935. The van der Waals surface area contributed by atoms with Gasteiger partial charge in [-0.15, -0.1) is 0 Å². The van der Waals surface area contributed by atoms with Gasteiger partial charge in [-0.3, -0.25) is 9.97 Å². The largest absolute Gasteiger partial charge is 0.263 e. The number of hydrogen-bond acceptors (Lipinski definition) is 2. The zero-order valence-corrected chi connectivity index (χ0v) is 24.1. The molecular weight excluding hydrogens is 520 g/mol. The minimum Gasteiger partial charge on any atom is -0.263 e. The van der Waals surface area contributed by atoms with Crippen LogP contribution in [0.2, 0.25) is 0 Å². The normalized spacial score (nSPS) is 12.5. The Balaban J connectivity index is 1.26. The van der Waals surface area contributed by atoms with Crippen molar-refractivity contribution >= 4 is 27.6 Å². The Morgan fingerprint density at radius 2 is 1.16 bits per heavy atom. The predicted octanol–water partition coefficient (Wildman–Crippen LogP) is 10.7. The van der Waals surface area contributed by atoms with Gasteiger partial charge in [-0.25, -0.2) is 0 Å². The number of nitrogens with zero attached hydrogens (tertiary/aromatic N) is 2. The van der Waals surface area contributed by atoms with Crippen molar-refractivity contribution in [1.29, 1.82) is 0 Å².